The Morgan fingerprint density at radius 2 is 2.12 bits per heavy atom. The fourth-order valence-corrected chi connectivity index (χ4v) is 1.44. The summed E-state index contributed by atoms with van der Waals surface area (Å²) in [7, 11) is 0. The highest BCUT2D eigenvalue weighted by Crippen LogP contribution is 2.14. The normalized spacial score (nSPS) is 11.4. The SMILES string of the molecule is C#CCNC(=O)C(C)Nc1ccc(C)c(C)c1. The Morgan fingerprint density at radius 3 is 2.71 bits per heavy atom. The number of hydrogen-bond donors (Lipinski definition) is 2. The molecule has 0 aliphatic heterocycles. The lowest BCUT2D eigenvalue weighted by molar-refractivity contribution is -0.121. The van der Waals surface area contributed by atoms with Crippen LogP contribution in [0.1, 0.15) is 18.1 Å². The molecular formula is C14H18N2O. The maximum Gasteiger partial charge on any atom is 0.242 e. The molecule has 0 saturated carbocycles. The smallest absolute Gasteiger partial charge is 0.242 e. The van der Waals surface area contributed by atoms with Crippen LogP contribution in [0.3, 0.4) is 0 Å². The first kappa shape index (κ1) is 13.1. The number of terminal acetylenes is 1. The summed E-state index contributed by atoms with van der Waals surface area (Å²) in [6.45, 7) is 6.17. The van der Waals surface area contributed by atoms with Crippen LogP contribution in [0.5, 0.6) is 0 Å². The van der Waals surface area contributed by atoms with Crippen molar-refractivity contribution in [2.24, 2.45) is 0 Å². The first-order valence-corrected chi connectivity index (χ1v) is 5.59. The molecule has 90 valence electrons. The van der Waals surface area contributed by atoms with E-state index in [1.165, 1.54) is 11.1 Å². The molecule has 17 heavy (non-hydrogen) atoms. The monoisotopic (exact) mass is 230 g/mol. The molecule has 0 aromatic heterocycles. The first-order chi connectivity index (χ1) is 8.04. The highest BCUT2D eigenvalue weighted by Gasteiger charge is 2.11. The number of benzene rings is 1. The summed E-state index contributed by atoms with van der Waals surface area (Å²) in [6.07, 6.45) is 5.08. The third kappa shape index (κ3) is 3.84. The van der Waals surface area contributed by atoms with Gasteiger partial charge in [-0.1, -0.05) is 12.0 Å². The second kappa shape index (κ2) is 5.95. The lowest BCUT2D eigenvalue weighted by atomic mass is 10.1. The highest BCUT2D eigenvalue weighted by atomic mass is 16.2. The van der Waals surface area contributed by atoms with Crippen LogP contribution in [0.25, 0.3) is 0 Å². The van der Waals surface area contributed by atoms with Crippen molar-refractivity contribution in [3.63, 3.8) is 0 Å². The summed E-state index contributed by atoms with van der Waals surface area (Å²) in [5.74, 6) is 2.28. The number of nitrogens with one attached hydrogen (secondary N) is 2. The molecule has 0 heterocycles. The van der Waals surface area contributed by atoms with E-state index in [1.54, 1.807) is 6.92 Å². The van der Waals surface area contributed by atoms with Gasteiger partial charge in [0, 0.05) is 5.69 Å². The molecule has 0 radical (unpaired) electrons. The predicted octanol–water partition coefficient (Wildman–Crippen LogP) is 1.85. The predicted molar refractivity (Wildman–Crippen MR) is 70.8 cm³/mol. The quantitative estimate of drug-likeness (QED) is 0.775. The molecule has 0 fully saturated rings. The minimum absolute atomic E-state index is 0.0961. The Labute approximate surface area is 103 Å². The summed E-state index contributed by atoms with van der Waals surface area (Å²) in [6, 6.07) is 5.72. The maximum absolute atomic E-state index is 11.6. The fraction of sp³-hybridized carbons (Fsp3) is 0.357. The number of amides is 1. The number of carbonyl (C=O) groups is 1. The minimum atomic E-state index is -0.301. The molecule has 0 aliphatic carbocycles. The third-order valence-corrected chi connectivity index (χ3v) is 2.65. The van der Waals surface area contributed by atoms with Crippen molar-refractivity contribution in [1.82, 2.24) is 5.32 Å². The van der Waals surface area contributed by atoms with Gasteiger partial charge in [-0.05, 0) is 44.0 Å². The van der Waals surface area contributed by atoms with E-state index < -0.39 is 0 Å². The third-order valence-electron chi connectivity index (χ3n) is 2.65. The van der Waals surface area contributed by atoms with Gasteiger partial charge in [-0.3, -0.25) is 4.79 Å². The molecule has 1 amide bonds. The van der Waals surface area contributed by atoms with Crippen molar-refractivity contribution < 1.29 is 4.79 Å². The Hall–Kier alpha value is -1.95. The number of hydrogen-bond acceptors (Lipinski definition) is 2. The van der Waals surface area contributed by atoms with Crippen LogP contribution in [-0.2, 0) is 4.79 Å². The largest absolute Gasteiger partial charge is 0.374 e. The molecule has 1 unspecified atom stereocenters. The van der Waals surface area contributed by atoms with Gasteiger partial charge in [-0.25, -0.2) is 0 Å². The molecule has 3 nitrogen and oxygen atoms in total. The van der Waals surface area contributed by atoms with E-state index >= 15 is 0 Å². The summed E-state index contributed by atoms with van der Waals surface area (Å²) in [5, 5.41) is 5.78. The fourth-order valence-electron chi connectivity index (χ4n) is 1.44. The second-order valence-corrected chi connectivity index (χ2v) is 4.09. The van der Waals surface area contributed by atoms with Crippen LogP contribution in [0.2, 0.25) is 0 Å². The molecular weight excluding hydrogens is 212 g/mol. The molecule has 3 heteroatoms. The van der Waals surface area contributed by atoms with E-state index in [1.807, 2.05) is 25.1 Å². The number of aryl methyl sites for hydroxylation is 2. The van der Waals surface area contributed by atoms with E-state index in [2.05, 4.69) is 23.5 Å². The first-order valence-electron chi connectivity index (χ1n) is 5.59. The summed E-state index contributed by atoms with van der Waals surface area (Å²) in [4.78, 5) is 11.6. The van der Waals surface area contributed by atoms with Crippen LogP contribution < -0.4 is 10.6 Å². The standard InChI is InChI=1S/C14H18N2O/c1-5-8-15-14(17)12(4)16-13-7-6-10(2)11(3)9-13/h1,6-7,9,12,16H,8H2,2-4H3,(H,15,17). The molecule has 0 saturated heterocycles. The lowest BCUT2D eigenvalue weighted by Crippen LogP contribution is -2.37. The van der Waals surface area contributed by atoms with Crippen molar-refractivity contribution in [3.05, 3.63) is 29.3 Å². The van der Waals surface area contributed by atoms with Crippen molar-refractivity contribution >= 4 is 11.6 Å². The van der Waals surface area contributed by atoms with Gasteiger partial charge in [0.15, 0.2) is 0 Å². The topological polar surface area (TPSA) is 41.1 Å². The molecule has 1 aromatic carbocycles. The lowest BCUT2D eigenvalue weighted by Gasteiger charge is -2.15. The zero-order chi connectivity index (χ0) is 12.8. The van der Waals surface area contributed by atoms with Gasteiger partial charge in [0.1, 0.15) is 6.04 Å². The zero-order valence-corrected chi connectivity index (χ0v) is 10.5. The van der Waals surface area contributed by atoms with Crippen LogP contribution in [0, 0.1) is 26.2 Å². The Kier molecular flexibility index (Phi) is 4.59. The average Bonchev–Trinajstić information content (AvgIpc) is 2.30. The van der Waals surface area contributed by atoms with Crippen molar-refractivity contribution in [2.75, 3.05) is 11.9 Å². The molecule has 1 rings (SSSR count). The molecule has 1 atom stereocenters. The second-order valence-electron chi connectivity index (χ2n) is 4.09. The highest BCUT2D eigenvalue weighted by molar-refractivity contribution is 5.84. The van der Waals surface area contributed by atoms with Gasteiger partial charge < -0.3 is 10.6 Å². The summed E-state index contributed by atoms with van der Waals surface area (Å²) < 4.78 is 0. The van der Waals surface area contributed by atoms with Gasteiger partial charge in [-0.15, -0.1) is 6.42 Å². The molecule has 2 N–H and O–H groups in total. The number of anilines is 1. The zero-order valence-electron chi connectivity index (χ0n) is 10.5. The van der Waals surface area contributed by atoms with Crippen LogP contribution >= 0.6 is 0 Å². The average molecular weight is 230 g/mol. The van der Waals surface area contributed by atoms with Crippen LogP contribution in [0.4, 0.5) is 5.69 Å². The van der Waals surface area contributed by atoms with Gasteiger partial charge in [-0.2, -0.15) is 0 Å². The van der Waals surface area contributed by atoms with Crippen molar-refractivity contribution in [3.8, 4) is 12.3 Å². The Morgan fingerprint density at radius 1 is 1.41 bits per heavy atom. The van der Waals surface area contributed by atoms with Gasteiger partial charge in [0.25, 0.3) is 0 Å². The maximum atomic E-state index is 11.6. The van der Waals surface area contributed by atoms with E-state index in [0.29, 0.717) is 0 Å². The van der Waals surface area contributed by atoms with E-state index in [-0.39, 0.29) is 18.5 Å². The Balaban J connectivity index is 2.62. The Bertz CT molecular complexity index is 446. The number of rotatable bonds is 4. The minimum Gasteiger partial charge on any atom is -0.374 e. The van der Waals surface area contributed by atoms with Gasteiger partial charge >= 0.3 is 0 Å². The van der Waals surface area contributed by atoms with Gasteiger partial charge in [0.2, 0.25) is 5.91 Å². The van der Waals surface area contributed by atoms with Crippen LogP contribution in [-0.4, -0.2) is 18.5 Å². The molecule has 0 aliphatic rings. The molecule has 1 aromatic rings. The van der Waals surface area contributed by atoms with Gasteiger partial charge in [0.05, 0.1) is 6.54 Å². The van der Waals surface area contributed by atoms with E-state index in [4.69, 9.17) is 6.42 Å². The summed E-state index contributed by atoms with van der Waals surface area (Å²) >= 11 is 0. The van der Waals surface area contributed by atoms with E-state index in [0.717, 1.165) is 5.69 Å². The van der Waals surface area contributed by atoms with E-state index in [9.17, 15) is 4.79 Å². The van der Waals surface area contributed by atoms with Crippen molar-refractivity contribution in [2.45, 2.75) is 26.8 Å². The molecule has 0 spiro atoms. The summed E-state index contributed by atoms with van der Waals surface area (Å²) in [5.41, 5.74) is 3.38. The van der Waals surface area contributed by atoms with Crippen LogP contribution in [0.15, 0.2) is 18.2 Å². The molecule has 0 bridgehead atoms. The van der Waals surface area contributed by atoms with Crippen molar-refractivity contribution in [1.29, 1.82) is 0 Å². The number of carbonyl (C=O) groups excluding carboxylic acids is 1.